The third-order valence-corrected chi connectivity index (χ3v) is 4.90. The van der Waals surface area contributed by atoms with Crippen LogP contribution in [0.15, 0.2) is 29.2 Å². The topological polar surface area (TPSA) is 97.0 Å². The lowest BCUT2D eigenvalue weighted by molar-refractivity contribution is 0.0669. The van der Waals surface area contributed by atoms with E-state index in [-0.39, 0.29) is 17.3 Å². The Balaban J connectivity index is 2.07. The number of hydrogen-bond donors (Lipinski definition) is 2. The van der Waals surface area contributed by atoms with Crippen LogP contribution in [0.2, 0.25) is 0 Å². The molecule has 0 saturated heterocycles. The smallest absolute Gasteiger partial charge is 0.407 e. The van der Waals surface area contributed by atoms with Crippen LogP contribution in [0.3, 0.4) is 0 Å². The van der Waals surface area contributed by atoms with Gasteiger partial charge in [-0.25, -0.2) is 14.8 Å². The number of nitrogens with zero attached hydrogens (tertiary/aromatic N) is 2. The highest BCUT2D eigenvalue weighted by molar-refractivity contribution is 7.22. The fraction of sp³-hybridized carbons (Fsp3) is 0.294. The maximum Gasteiger partial charge on any atom is 0.407 e. The van der Waals surface area contributed by atoms with Crippen molar-refractivity contribution in [1.82, 2.24) is 20.3 Å². The van der Waals surface area contributed by atoms with Crippen LogP contribution in [-0.4, -0.2) is 28.1 Å². The number of aromatic amines is 1. The Morgan fingerprint density at radius 1 is 1.38 bits per heavy atom. The molecule has 0 aliphatic rings. The Morgan fingerprint density at radius 2 is 2.15 bits per heavy atom. The first-order chi connectivity index (χ1) is 12.4. The first-order valence-corrected chi connectivity index (χ1v) is 8.74. The summed E-state index contributed by atoms with van der Waals surface area (Å²) < 4.78 is 19.1. The summed E-state index contributed by atoms with van der Waals surface area (Å²) in [5, 5.41) is 2.38. The first-order valence-electron chi connectivity index (χ1n) is 7.93. The van der Waals surface area contributed by atoms with Crippen LogP contribution in [0.25, 0.3) is 20.7 Å². The molecule has 9 heteroatoms. The van der Waals surface area contributed by atoms with Gasteiger partial charge in [0.25, 0.3) is 5.56 Å². The van der Waals surface area contributed by atoms with E-state index in [4.69, 9.17) is 4.74 Å². The van der Waals surface area contributed by atoms with Crippen molar-refractivity contribution >= 4 is 27.6 Å². The summed E-state index contributed by atoms with van der Waals surface area (Å²) in [6, 6.07) is 4.67. The average Bonchev–Trinajstić information content (AvgIpc) is 3.04. The quantitative estimate of drug-likeness (QED) is 0.682. The maximum atomic E-state index is 13.4. The predicted molar refractivity (Wildman–Crippen MR) is 96.5 cm³/mol. The van der Waals surface area contributed by atoms with E-state index >= 15 is 0 Å². The standard InChI is InChI=1S/C17H17FN4O3S/c1-8(2)13(25-17(24)19-3)15-21-10-7-11(26-14(10)16(23)22-15)9-4-5-20-12(18)6-9/h4-8,13H,1-3H3,(H,19,24)(H,21,22,23). The third kappa shape index (κ3) is 3.57. The SMILES string of the molecule is CNC(=O)OC(c1nc2cc(-c3ccnc(F)c3)sc2c(=O)[nH]1)C(C)C. The van der Waals surface area contributed by atoms with Crippen LogP contribution in [0, 0.1) is 11.9 Å². The van der Waals surface area contributed by atoms with Crippen molar-refractivity contribution in [1.29, 1.82) is 0 Å². The normalized spacial score (nSPS) is 12.3. The molecule has 0 saturated carbocycles. The molecule has 1 unspecified atom stereocenters. The van der Waals surface area contributed by atoms with Crippen LogP contribution in [0.5, 0.6) is 0 Å². The fourth-order valence-corrected chi connectivity index (χ4v) is 3.46. The minimum atomic E-state index is -0.700. The number of fused-ring (bicyclic) bond motifs is 1. The van der Waals surface area contributed by atoms with Gasteiger partial charge in [-0.05, 0) is 23.6 Å². The number of thiophene rings is 1. The van der Waals surface area contributed by atoms with Crippen LogP contribution >= 0.6 is 11.3 Å². The molecule has 0 bridgehead atoms. The second-order valence-corrected chi connectivity index (χ2v) is 7.02. The minimum absolute atomic E-state index is 0.0969. The number of ether oxygens (including phenoxy) is 1. The molecule has 3 aromatic rings. The van der Waals surface area contributed by atoms with E-state index in [2.05, 4.69) is 20.3 Å². The lowest BCUT2D eigenvalue weighted by Gasteiger charge is -2.20. The zero-order valence-corrected chi connectivity index (χ0v) is 15.2. The van der Waals surface area contributed by atoms with Gasteiger partial charge >= 0.3 is 6.09 Å². The molecule has 7 nitrogen and oxygen atoms in total. The highest BCUT2D eigenvalue weighted by Crippen LogP contribution is 2.32. The maximum absolute atomic E-state index is 13.4. The Labute approximate surface area is 152 Å². The lowest BCUT2D eigenvalue weighted by Crippen LogP contribution is -2.26. The summed E-state index contributed by atoms with van der Waals surface area (Å²) in [6.45, 7) is 3.72. The number of amides is 1. The summed E-state index contributed by atoms with van der Waals surface area (Å²) in [5.41, 5.74) is 0.748. The summed E-state index contributed by atoms with van der Waals surface area (Å²) >= 11 is 1.21. The van der Waals surface area contributed by atoms with E-state index in [1.54, 1.807) is 12.1 Å². The zero-order chi connectivity index (χ0) is 18.8. The Bertz CT molecular complexity index is 1010. The molecule has 0 fully saturated rings. The van der Waals surface area contributed by atoms with Crippen molar-refractivity contribution in [3.63, 3.8) is 0 Å². The van der Waals surface area contributed by atoms with Gasteiger partial charge in [-0.15, -0.1) is 11.3 Å². The van der Waals surface area contributed by atoms with Crippen LogP contribution < -0.4 is 10.9 Å². The molecule has 0 aliphatic heterocycles. The molecule has 26 heavy (non-hydrogen) atoms. The van der Waals surface area contributed by atoms with Crippen molar-refractivity contribution in [2.24, 2.45) is 5.92 Å². The molecule has 136 valence electrons. The Hall–Kier alpha value is -2.81. The van der Waals surface area contributed by atoms with Crippen LogP contribution in [0.4, 0.5) is 9.18 Å². The highest BCUT2D eigenvalue weighted by atomic mass is 32.1. The van der Waals surface area contributed by atoms with Gasteiger partial charge in [0.2, 0.25) is 5.95 Å². The second kappa shape index (κ2) is 7.20. The number of aromatic nitrogens is 3. The van der Waals surface area contributed by atoms with Crippen LogP contribution in [0.1, 0.15) is 25.8 Å². The van der Waals surface area contributed by atoms with Crippen LogP contribution in [-0.2, 0) is 4.74 Å². The van der Waals surface area contributed by atoms with Gasteiger partial charge < -0.3 is 15.0 Å². The molecule has 3 heterocycles. The van der Waals surface area contributed by atoms with Gasteiger partial charge in [0.15, 0.2) is 11.9 Å². The summed E-state index contributed by atoms with van der Waals surface area (Å²) in [5.74, 6) is -0.423. The summed E-state index contributed by atoms with van der Waals surface area (Å²) in [4.78, 5) is 35.4. The summed E-state index contributed by atoms with van der Waals surface area (Å²) in [6.07, 6.45) is 0.0583. The first kappa shape index (κ1) is 18.0. The number of hydrogen-bond acceptors (Lipinski definition) is 6. The van der Waals surface area contributed by atoms with E-state index in [1.165, 1.54) is 30.6 Å². The molecule has 1 atom stereocenters. The fourth-order valence-electron chi connectivity index (χ4n) is 2.47. The van der Waals surface area contributed by atoms with Gasteiger partial charge in [-0.3, -0.25) is 4.79 Å². The van der Waals surface area contributed by atoms with Gasteiger partial charge in [-0.2, -0.15) is 4.39 Å². The number of carbonyl (C=O) groups excluding carboxylic acids is 1. The van der Waals surface area contributed by atoms with Crippen molar-refractivity contribution in [2.45, 2.75) is 20.0 Å². The predicted octanol–water partition coefficient (Wildman–Crippen LogP) is 3.24. The highest BCUT2D eigenvalue weighted by Gasteiger charge is 2.24. The largest absolute Gasteiger partial charge is 0.438 e. The van der Waals surface area contributed by atoms with E-state index in [1.807, 2.05) is 13.8 Å². The lowest BCUT2D eigenvalue weighted by atomic mass is 10.1. The van der Waals surface area contributed by atoms with Crippen molar-refractivity contribution < 1.29 is 13.9 Å². The number of halogens is 1. The van der Waals surface area contributed by atoms with Gasteiger partial charge in [0.05, 0.1) is 5.52 Å². The molecule has 0 spiro atoms. The van der Waals surface area contributed by atoms with Gasteiger partial charge in [-0.1, -0.05) is 13.8 Å². The monoisotopic (exact) mass is 376 g/mol. The molecule has 3 aromatic heterocycles. The zero-order valence-electron chi connectivity index (χ0n) is 14.4. The molecule has 0 aromatic carbocycles. The molecule has 3 rings (SSSR count). The van der Waals surface area contributed by atoms with Crippen molar-refractivity contribution in [3.05, 3.63) is 46.5 Å². The minimum Gasteiger partial charge on any atom is -0.438 e. The summed E-state index contributed by atoms with van der Waals surface area (Å²) in [7, 11) is 1.46. The molecular formula is C17H17FN4O3S. The van der Waals surface area contributed by atoms with E-state index in [9.17, 15) is 14.0 Å². The number of pyridine rings is 1. The molecular weight excluding hydrogens is 359 g/mol. The van der Waals surface area contributed by atoms with E-state index in [0.29, 0.717) is 20.7 Å². The van der Waals surface area contributed by atoms with Gasteiger partial charge in [0, 0.05) is 24.2 Å². The number of nitrogens with one attached hydrogen (secondary N) is 2. The van der Waals surface area contributed by atoms with Gasteiger partial charge in [0.1, 0.15) is 4.70 Å². The van der Waals surface area contributed by atoms with Crippen molar-refractivity contribution in [2.75, 3.05) is 7.05 Å². The van der Waals surface area contributed by atoms with Crippen molar-refractivity contribution in [3.8, 4) is 10.4 Å². The number of rotatable bonds is 4. The molecule has 0 aliphatic carbocycles. The molecule has 0 radical (unpaired) electrons. The Morgan fingerprint density at radius 3 is 2.81 bits per heavy atom. The number of H-pyrrole nitrogens is 1. The number of carbonyl (C=O) groups is 1. The molecule has 2 N–H and O–H groups in total. The number of alkyl carbamates (subject to hydrolysis) is 1. The van der Waals surface area contributed by atoms with E-state index < -0.39 is 18.1 Å². The van der Waals surface area contributed by atoms with E-state index in [0.717, 1.165) is 0 Å². The third-order valence-electron chi connectivity index (χ3n) is 3.73. The average molecular weight is 376 g/mol. The molecule has 1 amide bonds. The Kier molecular flexibility index (Phi) is 4.99. The second-order valence-electron chi connectivity index (χ2n) is 5.96.